The van der Waals surface area contributed by atoms with Crippen molar-refractivity contribution in [3.63, 3.8) is 0 Å². The molecule has 1 aromatic carbocycles. The molecule has 1 amide bonds. The second-order valence-electron chi connectivity index (χ2n) is 6.61. The lowest BCUT2D eigenvalue weighted by atomic mass is 10.1. The Bertz CT molecular complexity index is 944. The van der Waals surface area contributed by atoms with Crippen molar-refractivity contribution in [2.75, 3.05) is 13.1 Å². The molecule has 6 nitrogen and oxygen atoms in total. The fourth-order valence-corrected chi connectivity index (χ4v) is 4.23. The first-order valence-electron chi connectivity index (χ1n) is 8.82. The molecular weight excluding hydrogens is 346 g/mol. The maximum atomic E-state index is 12.4. The number of hydrogen-bond donors (Lipinski definition) is 0. The highest BCUT2D eigenvalue weighted by molar-refractivity contribution is 7.98. The normalized spacial score (nSPS) is 14.3. The predicted octanol–water partition coefficient (Wildman–Crippen LogP) is 3.27. The number of rotatable bonds is 4. The molecule has 0 spiro atoms. The number of nitrogens with zero attached hydrogens (tertiary/aromatic N) is 5. The SMILES string of the molecule is Cc1cc2nnc(SCc3ccc(C(=O)N4CCCC4)cc3)n2c(C)n1. The van der Waals surface area contributed by atoms with Crippen molar-refractivity contribution in [1.29, 1.82) is 0 Å². The van der Waals surface area contributed by atoms with Crippen LogP contribution in [0.4, 0.5) is 0 Å². The molecule has 134 valence electrons. The van der Waals surface area contributed by atoms with E-state index < -0.39 is 0 Å². The minimum Gasteiger partial charge on any atom is -0.339 e. The van der Waals surface area contributed by atoms with Gasteiger partial charge >= 0.3 is 0 Å². The Labute approximate surface area is 156 Å². The van der Waals surface area contributed by atoms with Gasteiger partial charge in [0.05, 0.1) is 0 Å². The van der Waals surface area contributed by atoms with Gasteiger partial charge in [-0.25, -0.2) is 4.98 Å². The summed E-state index contributed by atoms with van der Waals surface area (Å²) >= 11 is 1.62. The van der Waals surface area contributed by atoms with Gasteiger partial charge in [-0.2, -0.15) is 0 Å². The molecule has 0 N–H and O–H groups in total. The van der Waals surface area contributed by atoms with E-state index in [1.165, 1.54) is 0 Å². The highest BCUT2D eigenvalue weighted by Gasteiger charge is 2.19. The summed E-state index contributed by atoms with van der Waals surface area (Å²) in [5.41, 5.74) is 3.69. The second-order valence-corrected chi connectivity index (χ2v) is 7.55. The van der Waals surface area contributed by atoms with E-state index in [0.29, 0.717) is 0 Å². The van der Waals surface area contributed by atoms with Crippen LogP contribution in [0.15, 0.2) is 35.5 Å². The predicted molar refractivity (Wildman–Crippen MR) is 101 cm³/mol. The number of amides is 1. The molecule has 3 aromatic rings. The van der Waals surface area contributed by atoms with E-state index in [9.17, 15) is 4.79 Å². The van der Waals surface area contributed by atoms with Gasteiger partial charge in [-0.1, -0.05) is 23.9 Å². The summed E-state index contributed by atoms with van der Waals surface area (Å²) in [6.07, 6.45) is 2.22. The minimum absolute atomic E-state index is 0.141. The first-order valence-corrected chi connectivity index (χ1v) is 9.81. The zero-order chi connectivity index (χ0) is 18.1. The van der Waals surface area contributed by atoms with Crippen molar-refractivity contribution in [3.05, 3.63) is 53.0 Å². The van der Waals surface area contributed by atoms with Crippen LogP contribution in [0.3, 0.4) is 0 Å². The number of likely N-dealkylation sites (tertiary alicyclic amines) is 1. The molecule has 0 aliphatic carbocycles. The Hall–Kier alpha value is -2.41. The standard InChI is InChI=1S/C19H21N5OS/c1-13-11-17-21-22-19(24(17)14(2)20-13)26-12-15-5-7-16(8-6-15)18(25)23-9-3-4-10-23/h5-8,11H,3-4,9-10,12H2,1-2H3. The number of aryl methyl sites for hydroxylation is 2. The maximum Gasteiger partial charge on any atom is 0.253 e. The van der Waals surface area contributed by atoms with Crippen LogP contribution in [0.2, 0.25) is 0 Å². The summed E-state index contributed by atoms with van der Waals surface area (Å²) in [5.74, 6) is 1.80. The van der Waals surface area contributed by atoms with Gasteiger partial charge in [0, 0.05) is 36.2 Å². The smallest absolute Gasteiger partial charge is 0.253 e. The topological polar surface area (TPSA) is 63.4 Å². The second kappa shape index (κ2) is 7.07. The fourth-order valence-electron chi connectivity index (χ4n) is 3.29. The van der Waals surface area contributed by atoms with Crippen molar-refractivity contribution in [1.82, 2.24) is 24.5 Å². The molecule has 0 unspecified atom stereocenters. The third-order valence-corrected chi connectivity index (χ3v) is 5.62. The highest BCUT2D eigenvalue weighted by atomic mass is 32.2. The lowest BCUT2D eigenvalue weighted by molar-refractivity contribution is 0.0793. The van der Waals surface area contributed by atoms with Gasteiger partial charge in [-0.05, 0) is 44.4 Å². The Morgan fingerprint density at radius 2 is 1.85 bits per heavy atom. The Balaban J connectivity index is 1.46. The summed E-state index contributed by atoms with van der Waals surface area (Å²) in [7, 11) is 0. The lowest BCUT2D eigenvalue weighted by Crippen LogP contribution is -2.27. The molecule has 0 saturated carbocycles. The van der Waals surface area contributed by atoms with Crippen LogP contribution in [-0.2, 0) is 5.75 Å². The van der Waals surface area contributed by atoms with Crippen molar-refractivity contribution in [2.45, 2.75) is 37.6 Å². The number of carbonyl (C=O) groups is 1. The van der Waals surface area contributed by atoms with Crippen molar-refractivity contribution >= 4 is 23.3 Å². The third-order valence-electron chi connectivity index (χ3n) is 4.62. The zero-order valence-corrected chi connectivity index (χ0v) is 15.8. The molecule has 3 heterocycles. The molecular formula is C19H21N5OS. The molecule has 1 saturated heterocycles. The molecule has 0 bridgehead atoms. The number of aromatic nitrogens is 4. The van der Waals surface area contributed by atoms with E-state index in [2.05, 4.69) is 15.2 Å². The van der Waals surface area contributed by atoms with Crippen LogP contribution in [0.25, 0.3) is 5.65 Å². The van der Waals surface area contributed by atoms with Gasteiger partial charge in [0.1, 0.15) is 5.82 Å². The van der Waals surface area contributed by atoms with Crippen LogP contribution in [0.1, 0.15) is 40.3 Å². The summed E-state index contributed by atoms with van der Waals surface area (Å²) in [6.45, 7) is 5.68. The van der Waals surface area contributed by atoms with Gasteiger partial charge in [0.15, 0.2) is 10.8 Å². The van der Waals surface area contributed by atoms with E-state index in [1.807, 2.05) is 53.5 Å². The lowest BCUT2D eigenvalue weighted by Gasteiger charge is -2.15. The van der Waals surface area contributed by atoms with Crippen LogP contribution in [-0.4, -0.2) is 43.5 Å². The van der Waals surface area contributed by atoms with Crippen LogP contribution in [0.5, 0.6) is 0 Å². The average Bonchev–Trinajstić information content (AvgIpc) is 3.29. The zero-order valence-electron chi connectivity index (χ0n) is 15.0. The van der Waals surface area contributed by atoms with Gasteiger partial charge < -0.3 is 4.90 Å². The van der Waals surface area contributed by atoms with Crippen LogP contribution < -0.4 is 0 Å². The van der Waals surface area contributed by atoms with E-state index in [4.69, 9.17) is 0 Å². The summed E-state index contributed by atoms with van der Waals surface area (Å²) in [5, 5.41) is 9.36. The van der Waals surface area contributed by atoms with E-state index >= 15 is 0 Å². The van der Waals surface area contributed by atoms with E-state index in [0.717, 1.165) is 65.1 Å². The van der Waals surface area contributed by atoms with Crippen molar-refractivity contribution < 1.29 is 4.79 Å². The molecule has 1 aliphatic rings. The largest absolute Gasteiger partial charge is 0.339 e. The number of carbonyl (C=O) groups excluding carboxylic acids is 1. The van der Waals surface area contributed by atoms with Crippen molar-refractivity contribution in [3.8, 4) is 0 Å². The van der Waals surface area contributed by atoms with Gasteiger partial charge in [0.2, 0.25) is 0 Å². The first kappa shape index (κ1) is 17.0. The summed E-state index contributed by atoms with van der Waals surface area (Å²) in [6, 6.07) is 9.83. The molecule has 7 heteroatoms. The van der Waals surface area contributed by atoms with E-state index in [-0.39, 0.29) is 5.91 Å². The summed E-state index contributed by atoms with van der Waals surface area (Å²) < 4.78 is 1.98. The molecule has 26 heavy (non-hydrogen) atoms. The number of fused-ring (bicyclic) bond motifs is 1. The fraction of sp³-hybridized carbons (Fsp3) is 0.368. The molecule has 4 rings (SSSR count). The number of thioether (sulfide) groups is 1. The van der Waals surface area contributed by atoms with Gasteiger partial charge in [-0.15, -0.1) is 10.2 Å². The Morgan fingerprint density at radius 3 is 2.58 bits per heavy atom. The average molecular weight is 367 g/mol. The highest BCUT2D eigenvalue weighted by Crippen LogP contribution is 2.23. The quantitative estimate of drug-likeness (QED) is 0.662. The van der Waals surface area contributed by atoms with Gasteiger partial charge in [0.25, 0.3) is 5.91 Å². The molecule has 0 atom stereocenters. The van der Waals surface area contributed by atoms with E-state index in [1.54, 1.807) is 11.8 Å². The van der Waals surface area contributed by atoms with Crippen LogP contribution in [0, 0.1) is 13.8 Å². The third kappa shape index (κ3) is 3.31. The molecule has 2 aromatic heterocycles. The van der Waals surface area contributed by atoms with Gasteiger partial charge in [-0.3, -0.25) is 9.20 Å². The summed E-state index contributed by atoms with van der Waals surface area (Å²) in [4.78, 5) is 18.8. The molecule has 0 radical (unpaired) electrons. The minimum atomic E-state index is 0.141. The number of benzene rings is 1. The monoisotopic (exact) mass is 367 g/mol. The molecule has 1 aliphatic heterocycles. The van der Waals surface area contributed by atoms with Crippen LogP contribution >= 0.6 is 11.8 Å². The first-order chi connectivity index (χ1) is 12.6. The number of hydrogen-bond acceptors (Lipinski definition) is 5. The van der Waals surface area contributed by atoms with Crippen molar-refractivity contribution in [2.24, 2.45) is 0 Å². The molecule has 1 fully saturated rings. The Morgan fingerprint density at radius 1 is 1.12 bits per heavy atom. The maximum absolute atomic E-state index is 12.4. The Kier molecular flexibility index (Phi) is 4.63.